The summed E-state index contributed by atoms with van der Waals surface area (Å²) in [6, 6.07) is 0. The van der Waals surface area contributed by atoms with Crippen molar-refractivity contribution in [1.82, 2.24) is 0 Å². The van der Waals surface area contributed by atoms with Crippen LogP contribution in [0.1, 0.15) is 27.7 Å². The van der Waals surface area contributed by atoms with Crippen LogP contribution in [0.5, 0.6) is 0 Å². The van der Waals surface area contributed by atoms with Crippen LogP contribution >= 0.6 is 0 Å². The van der Waals surface area contributed by atoms with E-state index < -0.39 is 0 Å². The van der Waals surface area contributed by atoms with Crippen molar-refractivity contribution in [2.45, 2.75) is 27.7 Å². The van der Waals surface area contributed by atoms with Gasteiger partial charge in [0.1, 0.15) is 0 Å². The Morgan fingerprint density at radius 2 is 1.69 bits per heavy atom. The molecular weight excluding hydrogens is 160 g/mol. The average Bonchev–Trinajstić information content (AvgIpc) is 2.03. The number of azo groups is 1. The number of hydrogen-bond acceptors (Lipinski definition) is 2. The van der Waals surface area contributed by atoms with Crippen molar-refractivity contribution in [2.75, 3.05) is 7.05 Å². The van der Waals surface area contributed by atoms with E-state index in [1.165, 1.54) is 0 Å². The van der Waals surface area contributed by atoms with Gasteiger partial charge in [0, 0.05) is 7.05 Å². The Bertz CT molecular complexity index is 222. The van der Waals surface area contributed by atoms with Gasteiger partial charge in [0.05, 0.1) is 5.70 Å². The molecule has 0 fully saturated rings. The second kappa shape index (κ2) is 5.68. The zero-order chi connectivity index (χ0) is 10.4. The molecule has 0 atom stereocenters. The Hall–Kier alpha value is -0.920. The molecule has 0 aliphatic carbocycles. The quantitative estimate of drug-likeness (QED) is 0.464. The van der Waals surface area contributed by atoms with E-state index >= 15 is 0 Å². The maximum absolute atomic E-state index is 4.07. The monoisotopic (exact) mass is 180 g/mol. The summed E-state index contributed by atoms with van der Waals surface area (Å²) in [6.07, 6.45) is 2.03. The molecule has 0 aromatic carbocycles. The zero-order valence-electron chi connectivity index (χ0n) is 9.33. The molecule has 0 bridgehead atoms. The number of hydrogen-bond donors (Lipinski definition) is 0. The van der Waals surface area contributed by atoms with Crippen molar-refractivity contribution in [3.05, 3.63) is 23.9 Å². The van der Waals surface area contributed by atoms with Gasteiger partial charge >= 0.3 is 0 Å². The first-order valence-corrected chi connectivity index (χ1v) is 4.69. The average molecular weight is 180 g/mol. The summed E-state index contributed by atoms with van der Waals surface area (Å²) in [4.78, 5) is 0. The fourth-order valence-electron chi connectivity index (χ4n) is 0.783. The highest BCUT2D eigenvalue weighted by Crippen LogP contribution is 2.17. The molecule has 2 nitrogen and oxygen atoms in total. The van der Waals surface area contributed by atoms with Crippen LogP contribution in [-0.2, 0) is 0 Å². The summed E-state index contributed by atoms with van der Waals surface area (Å²) in [5.41, 5.74) is 2.11. The van der Waals surface area contributed by atoms with E-state index in [2.05, 4.69) is 44.5 Å². The van der Waals surface area contributed by atoms with Gasteiger partial charge in [-0.25, -0.2) is 0 Å². The molecule has 74 valence electrons. The lowest BCUT2D eigenvalue weighted by Gasteiger charge is -2.08. The van der Waals surface area contributed by atoms with Gasteiger partial charge in [0.2, 0.25) is 0 Å². The molecule has 13 heavy (non-hydrogen) atoms. The summed E-state index contributed by atoms with van der Waals surface area (Å²) in [7, 11) is 1.69. The molecule has 0 aliphatic rings. The smallest absolute Gasteiger partial charge is 0.0654 e. The minimum Gasteiger partial charge on any atom is -0.192 e. The van der Waals surface area contributed by atoms with Gasteiger partial charge in [0.25, 0.3) is 0 Å². The van der Waals surface area contributed by atoms with E-state index in [1.54, 1.807) is 7.05 Å². The van der Waals surface area contributed by atoms with Gasteiger partial charge in [-0.05, 0) is 17.9 Å². The fourth-order valence-corrected chi connectivity index (χ4v) is 0.783. The lowest BCUT2D eigenvalue weighted by atomic mass is 10.0. The van der Waals surface area contributed by atoms with Gasteiger partial charge in [-0.15, -0.1) is 0 Å². The fraction of sp³-hybridized carbons (Fsp3) is 0.636. The van der Waals surface area contributed by atoms with Gasteiger partial charge in [-0.1, -0.05) is 39.8 Å². The first-order chi connectivity index (χ1) is 5.99. The molecule has 0 saturated heterocycles. The SMILES string of the molecule is C=C(/C=C(\N=NC)C(C)C)C(C)C. The van der Waals surface area contributed by atoms with Gasteiger partial charge in [-0.3, -0.25) is 0 Å². The summed E-state index contributed by atoms with van der Waals surface area (Å²) >= 11 is 0. The second-order valence-corrected chi connectivity index (χ2v) is 3.75. The predicted octanol–water partition coefficient (Wildman–Crippen LogP) is 3.82. The minimum absolute atomic E-state index is 0.402. The molecule has 0 amide bonds. The predicted molar refractivity (Wildman–Crippen MR) is 57.7 cm³/mol. The Labute approximate surface area is 81.5 Å². The van der Waals surface area contributed by atoms with Crippen molar-refractivity contribution in [2.24, 2.45) is 22.1 Å². The van der Waals surface area contributed by atoms with Crippen LogP contribution in [0.4, 0.5) is 0 Å². The standard InChI is InChI=1S/C11H20N2/c1-8(2)10(5)7-11(9(3)4)13-12-6/h7-9H,5H2,1-4,6H3/b11-7-,13-12?. The first kappa shape index (κ1) is 12.1. The van der Waals surface area contributed by atoms with Gasteiger partial charge in [-0.2, -0.15) is 10.2 Å². The molecule has 0 radical (unpaired) electrons. The third-order valence-electron chi connectivity index (χ3n) is 1.88. The van der Waals surface area contributed by atoms with E-state index in [1.807, 2.05) is 6.08 Å². The third-order valence-corrected chi connectivity index (χ3v) is 1.88. The molecule has 0 rings (SSSR count). The van der Waals surface area contributed by atoms with Crippen LogP contribution < -0.4 is 0 Å². The van der Waals surface area contributed by atoms with Crippen molar-refractivity contribution in [3.63, 3.8) is 0 Å². The van der Waals surface area contributed by atoms with Crippen LogP contribution in [-0.4, -0.2) is 7.05 Å². The van der Waals surface area contributed by atoms with Crippen LogP contribution in [0.15, 0.2) is 34.2 Å². The number of allylic oxidation sites excluding steroid dienone is 3. The van der Waals surface area contributed by atoms with E-state index in [0.29, 0.717) is 11.8 Å². The molecule has 2 heteroatoms. The van der Waals surface area contributed by atoms with Crippen LogP contribution in [0.25, 0.3) is 0 Å². The Kier molecular flexibility index (Phi) is 5.28. The molecule has 0 spiro atoms. The molecule has 0 N–H and O–H groups in total. The summed E-state index contributed by atoms with van der Waals surface area (Å²) < 4.78 is 0. The maximum Gasteiger partial charge on any atom is 0.0654 e. The molecule has 0 aromatic heterocycles. The zero-order valence-corrected chi connectivity index (χ0v) is 9.33. The Morgan fingerprint density at radius 3 is 2.00 bits per heavy atom. The Balaban J connectivity index is 4.63. The summed E-state index contributed by atoms with van der Waals surface area (Å²) in [5.74, 6) is 0.875. The lowest BCUT2D eigenvalue weighted by Crippen LogP contribution is -1.95. The van der Waals surface area contributed by atoms with Crippen molar-refractivity contribution in [3.8, 4) is 0 Å². The van der Waals surface area contributed by atoms with E-state index in [0.717, 1.165) is 11.3 Å². The first-order valence-electron chi connectivity index (χ1n) is 4.69. The normalized spacial score (nSPS) is 13.3. The minimum atomic E-state index is 0.402. The molecule has 0 heterocycles. The Morgan fingerprint density at radius 1 is 1.15 bits per heavy atom. The molecule has 0 aromatic rings. The van der Waals surface area contributed by atoms with Crippen molar-refractivity contribution < 1.29 is 0 Å². The molecule has 0 unspecified atom stereocenters. The van der Waals surface area contributed by atoms with Crippen LogP contribution in [0, 0.1) is 11.8 Å². The number of rotatable bonds is 4. The summed E-state index contributed by atoms with van der Waals surface area (Å²) in [6.45, 7) is 12.4. The van der Waals surface area contributed by atoms with E-state index in [4.69, 9.17) is 0 Å². The topological polar surface area (TPSA) is 24.7 Å². The third kappa shape index (κ3) is 4.61. The second-order valence-electron chi connectivity index (χ2n) is 3.75. The highest BCUT2D eigenvalue weighted by Gasteiger charge is 2.04. The molecule has 0 saturated carbocycles. The maximum atomic E-state index is 4.07. The summed E-state index contributed by atoms with van der Waals surface area (Å²) in [5, 5.41) is 7.86. The van der Waals surface area contributed by atoms with Crippen LogP contribution in [0.2, 0.25) is 0 Å². The molecule has 0 aliphatic heterocycles. The molecular formula is C11H20N2. The van der Waals surface area contributed by atoms with Gasteiger partial charge in [0.15, 0.2) is 0 Å². The highest BCUT2D eigenvalue weighted by molar-refractivity contribution is 5.22. The van der Waals surface area contributed by atoms with E-state index in [-0.39, 0.29) is 0 Å². The van der Waals surface area contributed by atoms with E-state index in [9.17, 15) is 0 Å². The van der Waals surface area contributed by atoms with Crippen molar-refractivity contribution >= 4 is 0 Å². The highest BCUT2D eigenvalue weighted by atomic mass is 15.1. The number of nitrogens with zero attached hydrogens (tertiary/aromatic N) is 2. The van der Waals surface area contributed by atoms with Crippen LogP contribution in [0.3, 0.4) is 0 Å². The lowest BCUT2D eigenvalue weighted by molar-refractivity contribution is 0.726. The van der Waals surface area contributed by atoms with Crippen molar-refractivity contribution in [1.29, 1.82) is 0 Å². The van der Waals surface area contributed by atoms with Gasteiger partial charge < -0.3 is 0 Å². The largest absolute Gasteiger partial charge is 0.192 e.